The van der Waals surface area contributed by atoms with Crippen molar-refractivity contribution in [3.8, 4) is 10.6 Å². The van der Waals surface area contributed by atoms with E-state index in [-0.39, 0.29) is 4.90 Å². The molecule has 4 aromatic rings. The van der Waals surface area contributed by atoms with Gasteiger partial charge in [-0.2, -0.15) is 0 Å². The maximum Gasteiger partial charge on any atom is 0.409 e. The number of thiazole rings is 1. The van der Waals surface area contributed by atoms with E-state index in [4.69, 9.17) is 9.72 Å². The van der Waals surface area contributed by atoms with E-state index in [0.717, 1.165) is 36.8 Å². The SMILES string of the molecule is COC(=O)N1CCc2c(sc(NC(=O)CS(=O)(=O)c3ccc(C)cc3)c2-c2nc3ccccc3s2)C1. The Morgan fingerprint density at radius 3 is 2.58 bits per heavy atom. The average Bonchev–Trinajstić information content (AvgIpc) is 3.43. The number of carbonyl (C=O) groups is 2. The third kappa shape index (κ3) is 4.73. The Morgan fingerprint density at radius 1 is 1.11 bits per heavy atom. The average molecular weight is 542 g/mol. The van der Waals surface area contributed by atoms with Crippen LogP contribution in [0.4, 0.5) is 9.80 Å². The Labute approximate surface area is 216 Å². The smallest absolute Gasteiger partial charge is 0.409 e. The van der Waals surface area contributed by atoms with Gasteiger partial charge < -0.3 is 15.0 Å². The van der Waals surface area contributed by atoms with Crippen molar-refractivity contribution in [2.24, 2.45) is 0 Å². The van der Waals surface area contributed by atoms with E-state index in [0.29, 0.717) is 24.5 Å². The highest BCUT2D eigenvalue weighted by Gasteiger charge is 2.30. The van der Waals surface area contributed by atoms with Gasteiger partial charge in [-0.3, -0.25) is 4.79 Å². The number of amides is 2. The number of benzene rings is 2. The Morgan fingerprint density at radius 2 is 1.86 bits per heavy atom. The van der Waals surface area contributed by atoms with E-state index in [9.17, 15) is 18.0 Å². The summed E-state index contributed by atoms with van der Waals surface area (Å²) >= 11 is 2.85. The van der Waals surface area contributed by atoms with Crippen LogP contribution in [0.3, 0.4) is 0 Å². The number of hydrogen-bond acceptors (Lipinski definition) is 8. The molecule has 186 valence electrons. The van der Waals surface area contributed by atoms with Gasteiger partial charge in [0.15, 0.2) is 9.84 Å². The van der Waals surface area contributed by atoms with Crippen LogP contribution in [0, 0.1) is 6.92 Å². The van der Waals surface area contributed by atoms with Gasteiger partial charge in [-0.1, -0.05) is 29.8 Å². The number of fused-ring (bicyclic) bond motifs is 2. The summed E-state index contributed by atoms with van der Waals surface area (Å²) in [6.45, 7) is 2.69. The maximum absolute atomic E-state index is 13.0. The first-order chi connectivity index (χ1) is 17.2. The van der Waals surface area contributed by atoms with E-state index < -0.39 is 27.6 Å². The lowest BCUT2D eigenvalue weighted by Crippen LogP contribution is -2.35. The molecule has 0 radical (unpaired) electrons. The first-order valence-corrected chi connectivity index (χ1v) is 14.5. The van der Waals surface area contributed by atoms with Crippen LogP contribution in [0.15, 0.2) is 53.4 Å². The molecule has 0 atom stereocenters. The van der Waals surface area contributed by atoms with Crippen LogP contribution in [0.5, 0.6) is 0 Å². The monoisotopic (exact) mass is 541 g/mol. The second kappa shape index (κ2) is 9.64. The van der Waals surface area contributed by atoms with Crippen LogP contribution in [-0.2, 0) is 32.3 Å². The molecule has 0 fully saturated rings. The van der Waals surface area contributed by atoms with Gasteiger partial charge in [0.05, 0.1) is 28.8 Å². The van der Waals surface area contributed by atoms with Crippen LogP contribution in [0.1, 0.15) is 16.0 Å². The van der Waals surface area contributed by atoms with E-state index in [1.54, 1.807) is 17.0 Å². The first-order valence-electron chi connectivity index (χ1n) is 11.2. The predicted molar refractivity (Wildman–Crippen MR) is 141 cm³/mol. The lowest BCUT2D eigenvalue weighted by Gasteiger charge is -2.25. The lowest BCUT2D eigenvalue weighted by molar-refractivity contribution is -0.113. The molecule has 8 nitrogen and oxygen atoms in total. The summed E-state index contributed by atoms with van der Waals surface area (Å²) in [6.07, 6.45) is 0.161. The number of carbonyl (C=O) groups excluding carboxylic acids is 2. The van der Waals surface area contributed by atoms with Gasteiger partial charge in [0, 0.05) is 17.0 Å². The van der Waals surface area contributed by atoms with Gasteiger partial charge in [0.25, 0.3) is 0 Å². The number of aryl methyl sites for hydroxylation is 1. The summed E-state index contributed by atoms with van der Waals surface area (Å²) in [6, 6.07) is 14.2. The lowest BCUT2D eigenvalue weighted by atomic mass is 10.0. The van der Waals surface area contributed by atoms with Gasteiger partial charge in [0.1, 0.15) is 15.8 Å². The zero-order valence-corrected chi connectivity index (χ0v) is 22.1. The highest BCUT2D eigenvalue weighted by Crippen LogP contribution is 2.45. The molecule has 3 heterocycles. The number of methoxy groups -OCH3 is 1. The highest BCUT2D eigenvalue weighted by atomic mass is 32.2. The molecule has 11 heteroatoms. The molecule has 2 amide bonds. The van der Waals surface area contributed by atoms with Crippen LogP contribution >= 0.6 is 22.7 Å². The molecule has 5 rings (SSSR count). The van der Waals surface area contributed by atoms with Crippen molar-refractivity contribution < 1.29 is 22.7 Å². The van der Waals surface area contributed by atoms with Crippen molar-refractivity contribution >= 4 is 59.7 Å². The molecule has 0 spiro atoms. The normalized spacial score (nSPS) is 13.4. The molecular weight excluding hydrogens is 518 g/mol. The Hall–Kier alpha value is -3.28. The number of hydrogen-bond donors (Lipinski definition) is 1. The highest BCUT2D eigenvalue weighted by molar-refractivity contribution is 7.92. The van der Waals surface area contributed by atoms with Gasteiger partial charge in [0.2, 0.25) is 5.91 Å². The van der Waals surface area contributed by atoms with Gasteiger partial charge >= 0.3 is 6.09 Å². The molecule has 0 unspecified atom stereocenters. The van der Waals surface area contributed by atoms with Gasteiger partial charge in [-0.15, -0.1) is 22.7 Å². The fourth-order valence-electron chi connectivity index (χ4n) is 4.15. The summed E-state index contributed by atoms with van der Waals surface area (Å²) in [7, 11) is -2.46. The molecule has 0 saturated heterocycles. The maximum atomic E-state index is 13.0. The number of thiophene rings is 1. The second-order valence-electron chi connectivity index (χ2n) is 8.46. The minimum Gasteiger partial charge on any atom is -0.453 e. The summed E-state index contributed by atoms with van der Waals surface area (Å²) < 4.78 is 31.6. The summed E-state index contributed by atoms with van der Waals surface area (Å²) in [5.74, 6) is -1.30. The largest absolute Gasteiger partial charge is 0.453 e. The van der Waals surface area contributed by atoms with Gasteiger partial charge in [-0.05, 0) is 43.2 Å². The van der Waals surface area contributed by atoms with Crippen molar-refractivity contribution in [2.75, 3.05) is 24.7 Å². The van der Waals surface area contributed by atoms with Crippen molar-refractivity contribution in [1.29, 1.82) is 0 Å². The van der Waals surface area contributed by atoms with E-state index in [1.807, 2.05) is 31.2 Å². The zero-order chi connectivity index (χ0) is 25.4. The molecule has 1 N–H and O–H groups in total. The molecular formula is C25H23N3O5S3. The minimum atomic E-state index is -3.81. The molecule has 2 aromatic carbocycles. The standard InChI is InChI=1S/C25H23N3O5S3/c1-15-7-9-16(10-8-15)36(31,32)14-21(29)27-24-22(23-26-18-5-3-4-6-19(18)34-23)17-11-12-28(25(30)33-2)13-20(17)35-24/h3-10H,11-14H2,1-2H3,(H,27,29). The fraction of sp³-hybridized carbons (Fsp3) is 0.240. The summed E-state index contributed by atoms with van der Waals surface area (Å²) in [5.41, 5.74) is 3.59. The van der Waals surface area contributed by atoms with Crippen molar-refractivity contribution in [3.05, 3.63) is 64.5 Å². The Bertz CT molecular complexity index is 1540. The van der Waals surface area contributed by atoms with Crippen molar-refractivity contribution in [3.63, 3.8) is 0 Å². The first kappa shape index (κ1) is 24.4. The summed E-state index contributed by atoms with van der Waals surface area (Å²) in [4.78, 5) is 32.5. The van der Waals surface area contributed by atoms with E-state index in [2.05, 4.69) is 5.32 Å². The van der Waals surface area contributed by atoms with Crippen molar-refractivity contribution in [2.45, 2.75) is 24.8 Å². The Kier molecular flexibility index (Phi) is 6.54. The molecule has 36 heavy (non-hydrogen) atoms. The van der Waals surface area contributed by atoms with Crippen LogP contribution < -0.4 is 5.32 Å². The fourth-order valence-corrected chi connectivity index (χ4v) is 7.67. The third-order valence-electron chi connectivity index (χ3n) is 5.95. The van der Waals surface area contributed by atoms with Crippen molar-refractivity contribution in [1.82, 2.24) is 9.88 Å². The van der Waals surface area contributed by atoms with E-state index in [1.165, 1.54) is 41.9 Å². The number of anilines is 1. The number of nitrogens with zero attached hydrogens (tertiary/aromatic N) is 2. The molecule has 1 aliphatic rings. The third-order valence-corrected chi connectivity index (χ3v) is 9.77. The number of aromatic nitrogens is 1. The number of nitrogens with one attached hydrogen (secondary N) is 1. The minimum absolute atomic E-state index is 0.105. The second-order valence-corrected chi connectivity index (χ2v) is 12.6. The van der Waals surface area contributed by atoms with Gasteiger partial charge in [-0.25, -0.2) is 18.2 Å². The molecule has 1 aliphatic heterocycles. The molecule has 0 bridgehead atoms. The number of para-hydroxylation sites is 1. The quantitative estimate of drug-likeness (QED) is 0.386. The Balaban J connectivity index is 1.49. The number of rotatable bonds is 5. The summed E-state index contributed by atoms with van der Waals surface area (Å²) in [5, 5.41) is 4.12. The molecule has 0 aliphatic carbocycles. The molecule has 0 saturated carbocycles. The van der Waals surface area contributed by atoms with Crippen LogP contribution in [0.2, 0.25) is 0 Å². The topological polar surface area (TPSA) is 106 Å². The predicted octanol–water partition coefficient (Wildman–Crippen LogP) is 4.87. The number of sulfone groups is 1. The molecule has 2 aromatic heterocycles. The van der Waals surface area contributed by atoms with E-state index >= 15 is 0 Å². The zero-order valence-electron chi connectivity index (χ0n) is 19.6. The number of ether oxygens (including phenoxy) is 1. The van der Waals surface area contributed by atoms with Crippen LogP contribution in [0.25, 0.3) is 20.8 Å². The van der Waals surface area contributed by atoms with Crippen LogP contribution in [-0.4, -0.2) is 49.7 Å².